The molecule has 0 spiro atoms. The maximum Gasteiger partial charge on any atom is 0.254 e. The molecule has 5 heteroatoms. The molecule has 32 heavy (non-hydrogen) atoms. The third-order valence-corrected chi connectivity index (χ3v) is 6.07. The van der Waals surface area contributed by atoms with E-state index in [0.717, 1.165) is 23.5 Å². The molecule has 2 amide bonds. The van der Waals surface area contributed by atoms with E-state index >= 15 is 0 Å². The molecule has 5 nitrogen and oxygen atoms in total. The van der Waals surface area contributed by atoms with Crippen LogP contribution in [0.2, 0.25) is 0 Å². The Balaban J connectivity index is 1.45. The number of allylic oxidation sites excluding steroid dienone is 1. The van der Waals surface area contributed by atoms with Gasteiger partial charge in [0.25, 0.3) is 5.91 Å². The lowest BCUT2D eigenvalue weighted by Crippen LogP contribution is -2.57. The zero-order chi connectivity index (χ0) is 22.5. The third-order valence-electron chi connectivity index (χ3n) is 6.07. The van der Waals surface area contributed by atoms with Gasteiger partial charge in [-0.2, -0.15) is 0 Å². The van der Waals surface area contributed by atoms with E-state index in [0.29, 0.717) is 31.0 Å². The Bertz CT molecular complexity index is 980. The molecule has 2 aromatic carbocycles. The first-order valence-corrected chi connectivity index (χ1v) is 11.2. The van der Waals surface area contributed by atoms with E-state index in [9.17, 15) is 9.59 Å². The summed E-state index contributed by atoms with van der Waals surface area (Å²) in [5.74, 6) is 1.26. The standard InChI is InChI=1S/C27H30N2O3/c1-3-20(2)15-24-17-28(18-26(30)29(24)16-21-7-5-4-6-8-21)27(31)23-11-13-25(14-12-23)32-19-22-9-10-22/h3-8,11-14,22,24H,1-2,9-10,15-19H2/t24-/m0/s1. The molecule has 1 atom stereocenters. The lowest BCUT2D eigenvalue weighted by molar-refractivity contribution is -0.139. The molecule has 4 rings (SSSR count). The normalized spacial score (nSPS) is 18.4. The quantitative estimate of drug-likeness (QED) is 0.552. The summed E-state index contributed by atoms with van der Waals surface area (Å²) in [4.78, 5) is 29.8. The van der Waals surface area contributed by atoms with Gasteiger partial charge in [0.1, 0.15) is 12.3 Å². The van der Waals surface area contributed by atoms with Crippen molar-refractivity contribution in [1.29, 1.82) is 0 Å². The van der Waals surface area contributed by atoms with Gasteiger partial charge in [-0.05, 0) is 55.0 Å². The molecule has 2 fully saturated rings. The molecule has 0 unspecified atom stereocenters. The molecule has 0 bridgehead atoms. The van der Waals surface area contributed by atoms with Crippen molar-refractivity contribution in [3.63, 3.8) is 0 Å². The van der Waals surface area contributed by atoms with Gasteiger partial charge in [-0.15, -0.1) is 0 Å². The minimum Gasteiger partial charge on any atom is -0.493 e. The second-order valence-corrected chi connectivity index (χ2v) is 8.69. The van der Waals surface area contributed by atoms with Gasteiger partial charge in [0, 0.05) is 18.7 Å². The van der Waals surface area contributed by atoms with E-state index < -0.39 is 0 Å². The average Bonchev–Trinajstić information content (AvgIpc) is 3.65. The first-order chi connectivity index (χ1) is 15.5. The fourth-order valence-electron chi connectivity index (χ4n) is 3.96. The summed E-state index contributed by atoms with van der Waals surface area (Å²) in [5.41, 5.74) is 2.48. The Morgan fingerprint density at radius 3 is 2.47 bits per heavy atom. The van der Waals surface area contributed by atoms with Gasteiger partial charge >= 0.3 is 0 Å². The Hall–Kier alpha value is -3.34. The summed E-state index contributed by atoms with van der Waals surface area (Å²) in [7, 11) is 0. The van der Waals surface area contributed by atoms with Gasteiger partial charge in [0.05, 0.1) is 12.6 Å². The highest BCUT2D eigenvalue weighted by Crippen LogP contribution is 2.29. The van der Waals surface area contributed by atoms with Gasteiger partial charge in [0.2, 0.25) is 5.91 Å². The first kappa shape index (κ1) is 21.9. The van der Waals surface area contributed by atoms with Crippen molar-refractivity contribution in [3.05, 3.63) is 90.5 Å². The zero-order valence-corrected chi connectivity index (χ0v) is 18.4. The Kier molecular flexibility index (Phi) is 6.74. The number of amides is 2. The fraction of sp³-hybridized carbons (Fsp3) is 0.333. The van der Waals surface area contributed by atoms with Crippen LogP contribution in [0.5, 0.6) is 5.75 Å². The molecule has 166 valence electrons. The van der Waals surface area contributed by atoms with Gasteiger partial charge in [-0.3, -0.25) is 9.59 Å². The van der Waals surface area contributed by atoms with E-state index in [2.05, 4.69) is 13.2 Å². The molecule has 2 aliphatic rings. The molecule has 1 aliphatic carbocycles. The van der Waals surface area contributed by atoms with E-state index in [1.54, 1.807) is 23.1 Å². The van der Waals surface area contributed by atoms with Crippen molar-refractivity contribution in [1.82, 2.24) is 9.80 Å². The van der Waals surface area contributed by atoms with Gasteiger partial charge in [-0.25, -0.2) is 0 Å². The lowest BCUT2D eigenvalue weighted by Gasteiger charge is -2.41. The molecule has 0 radical (unpaired) electrons. The van der Waals surface area contributed by atoms with Crippen molar-refractivity contribution < 1.29 is 14.3 Å². The van der Waals surface area contributed by atoms with Crippen molar-refractivity contribution in [3.8, 4) is 5.75 Å². The minimum atomic E-state index is -0.146. The average molecular weight is 431 g/mol. The van der Waals surface area contributed by atoms with Crippen molar-refractivity contribution in [2.45, 2.75) is 31.8 Å². The van der Waals surface area contributed by atoms with Crippen LogP contribution >= 0.6 is 0 Å². The molecule has 1 saturated heterocycles. The number of ether oxygens (including phenoxy) is 1. The van der Waals surface area contributed by atoms with Crippen LogP contribution in [0.3, 0.4) is 0 Å². The number of benzene rings is 2. The summed E-state index contributed by atoms with van der Waals surface area (Å²) >= 11 is 0. The summed E-state index contributed by atoms with van der Waals surface area (Å²) < 4.78 is 5.77. The summed E-state index contributed by atoms with van der Waals surface area (Å²) in [6.45, 7) is 9.62. The van der Waals surface area contributed by atoms with E-state index in [4.69, 9.17) is 4.74 Å². The van der Waals surface area contributed by atoms with Crippen molar-refractivity contribution in [2.24, 2.45) is 5.92 Å². The SMILES string of the molecule is C=CC(=C)C[C@H]1CN(C(=O)c2ccc(OCC3CC3)cc2)CC(=O)N1Cc1ccccc1. The maximum atomic E-state index is 13.2. The molecule has 1 saturated carbocycles. The van der Waals surface area contributed by atoms with Crippen LogP contribution in [-0.4, -0.2) is 47.4 Å². The number of carbonyl (C=O) groups is 2. The van der Waals surface area contributed by atoms with Crippen molar-refractivity contribution in [2.75, 3.05) is 19.7 Å². The summed E-state index contributed by atoms with van der Waals surface area (Å²) in [6, 6.07) is 17.0. The smallest absolute Gasteiger partial charge is 0.254 e. The van der Waals surface area contributed by atoms with E-state index in [-0.39, 0.29) is 24.4 Å². The third kappa shape index (κ3) is 5.47. The largest absolute Gasteiger partial charge is 0.493 e. The van der Waals surface area contributed by atoms with E-state index in [1.165, 1.54) is 12.8 Å². The minimum absolute atomic E-state index is 0.0558. The van der Waals surface area contributed by atoms with Crippen LogP contribution < -0.4 is 4.74 Å². The molecular formula is C27H30N2O3. The predicted molar refractivity (Wildman–Crippen MR) is 125 cm³/mol. The highest BCUT2D eigenvalue weighted by Gasteiger charge is 2.35. The molecule has 0 aromatic heterocycles. The zero-order valence-electron chi connectivity index (χ0n) is 18.4. The number of hydrogen-bond donors (Lipinski definition) is 0. The predicted octanol–water partition coefficient (Wildman–Crippen LogP) is 4.46. The van der Waals surface area contributed by atoms with Gasteiger partial charge in [0.15, 0.2) is 0 Å². The molecule has 1 heterocycles. The second kappa shape index (κ2) is 9.86. The highest BCUT2D eigenvalue weighted by molar-refractivity contribution is 5.97. The number of piperazine rings is 1. The van der Waals surface area contributed by atoms with Gasteiger partial charge in [-0.1, -0.05) is 55.1 Å². The Morgan fingerprint density at radius 1 is 1.09 bits per heavy atom. The van der Waals surface area contributed by atoms with Crippen molar-refractivity contribution >= 4 is 11.8 Å². The summed E-state index contributed by atoms with van der Waals surface area (Å²) in [5, 5.41) is 0. The molecule has 1 aliphatic heterocycles. The lowest BCUT2D eigenvalue weighted by atomic mass is 10.0. The van der Waals surface area contributed by atoms with Crippen LogP contribution in [0.25, 0.3) is 0 Å². The number of carbonyl (C=O) groups excluding carboxylic acids is 2. The van der Waals surface area contributed by atoms with Crippen LogP contribution in [0.15, 0.2) is 79.4 Å². The second-order valence-electron chi connectivity index (χ2n) is 8.69. The molecule has 2 aromatic rings. The fourth-order valence-corrected chi connectivity index (χ4v) is 3.96. The van der Waals surface area contributed by atoms with Crippen LogP contribution in [0, 0.1) is 5.92 Å². The van der Waals surface area contributed by atoms with Gasteiger partial charge < -0.3 is 14.5 Å². The number of hydrogen-bond acceptors (Lipinski definition) is 3. The highest BCUT2D eigenvalue weighted by atomic mass is 16.5. The number of rotatable bonds is 9. The first-order valence-electron chi connectivity index (χ1n) is 11.2. The van der Waals surface area contributed by atoms with Crippen LogP contribution in [0.1, 0.15) is 35.2 Å². The Morgan fingerprint density at radius 2 is 1.81 bits per heavy atom. The number of nitrogens with zero attached hydrogens (tertiary/aromatic N) is 2. The van der Waals surface area contributed by atoms with Crippen LogP contribution in [-0.2, 0) is 11.3 Å². The van der Waals surface area contributed by atoms with E-state index in [1.807, 2.05) is 47.4 Å². The maximum absolute atomic E-state index is 13.2. The topological polar surface area (TPSA) is 49.9 Å². The summed E-state index contributed by atoms with van der Waals surface area (Å²) in [6.07, 6.45) is 4.77. The molecular weight excluding hydrogens is 400 g/mol. The van der Waals surface area contributed by atoms with Crippen LogP contribution in [0.4, 0.5) is 0 Å². The molecule has 0 N–H and O–H groups in total. The Labute approximate surface area is 190 Å². The monoisotopic (exact) mass is 430 g/mol.